The van der Waals surface area contributed by atoms with Crippen LogP contribution in [0.15, 0.2) is 27.8 Å². The Morgan fingerprint density at radius 2 is 2.05 bits per heavy atom. The van der Waals surface area contributed by atoms with E-state index in [1.54, 1.807) is 6.07 Å². The van der Waals surface area contributed by atoms with Gasteiger partial charge >= 0.3 is 5.69 Å². The highest BCUT2D eigenvalue weighted by Crippen LogP contribution is 2.18. The van der Waals surface area contributed by atoms with Gasteiger partial charge in [-0.15, -0.1) is 0 Å². The number of hydrogen-bond donors (Lipinski definition) is 1. The van der Waals surface area contributed by atoms with Crippen LogP contribution in [-0.4, -0.2) is 9.55 Å². The summed E-state index contributed by atoms with van der Waals surface area (Å²) in [6.07, 6.45) is 0.470. The molecule has 19 heavy (non-hydrogen) atoms. The third-order valence-corrected chi connectivity index (χ3v) is 4.47. The molecule has 0 spiro atoms. The fourth-order valence-electron chi connectivity index (χ4n) is 1.91. The lowest BCUT2D eigenvalue weighted by Crippen LogP contribution is -2.36. The molecule has 0 bridgehead atoms. The zero-order valence-electron chi connectivity index (χ0n) is 10.5. The molecule has 6 heteroatoms. The Morgan fingerprint density at radius 3 is 2.68 bits per heavy atom. The smallest absolute Gasteiger partial charge is 0.297 e. The molecule has 4 nitrogen and oxygen atoms in total. The van der Waals surface area contributed by atoms with E-state index < -0.39 is 5.69 Å². The largest absolute Gasteiger partial charge is 0.334 e. The summed E-state index contributed by atoms with van der Waals surface area (Å²) in [7, 11) is 0. The molecule has 0 aliphatic rings. The van der Waals surface area contributed by atoms with Crippen molar-refractivity contribution in [3.63, 3.8) is 0 Å². The van der Waals surface area contributed by atoms with Gasteiger partial charge in [0.1, 0.15) is 5.15 Å². The topological polar surface area (TPSA) is 54.9 Å². The quantitative estimate of drug-likeness (QED) is 0.633. The summed E-state index contributed by atoms with van der Waals surface area (Å²) in [6.45, 7) is 3.70. The summed E-state index contributed by atoms with van der Waals surface area (Å²) in [5, 5.41) is 0.122. The van der Waals surface area contributed by atoms with E-state index in [0.29, 0.717) is 17.7 Å². The Kier molecular flexibility index (Phi) is 4.15. The van der Waals surface area contributed by atoms with E-state index in [4.69, 9.17) is 11.6 Å². The van der Waals surface area contributed by atoms with Crippen LogP contribution in [0.1, 0.15) is 18.1 Å². The van der Waals surface area contributed by atoms with Crippen LogP contribution < -0.4 is 11.2 Å². The minimum Gasteiger partial charge on any atom is -0.297 e. The Balaban J connectivity index is 2.88. The number of halogens is 2. The monoisotopic (exact) mass is 390 g/mol. The fraction of sp³-hybridized carbons (Fsp3) is 0.231. The van der Waals surface area contributed by atoms with E-state index in [1.165, 1.54) is 0 Å². The number of nitrogens with zero attached hydrogens (tertiary/aromatic N) is 1. The maximum atomic E-state index is 12.4. The number of benzene rings is 1. The molecule has 0 unspecified atom stereocenters. The van der Waals surface area contributed by atoms with E-state index in [2.05, 4.69) is 27.6 Å². The first-order valence-corrected chi connectivity index (χ1v) is 7.22. The third-order valence-electron chi connectivity index (χ3n) is 2.98. The van der Waals surface area contributed by atoms with Gasteiger partial charge in [0.05, 0.1) is 11.3 Å². The number of aromatic amines is 1. The minimum atomic E-state index is -0.516. The Labute approximate surface area is 128 Å². The minimum absolute atomic E-state index is 0.122. The molecule has 0 aliphatic heterocycles. The first-order valence-electron chi connectivity index (χ1n) is 5.76. The van der Waals surface area contributed by atoms with Gasteiger partial charge in [-0.25, -0.2) is 9.36 Å². The lowest BCUT2D eigenvalue weighted by atomic mass is 10.2. The van der Waals surface area contributed by atoms with Crippen molar-refractivity contribution in [1.82, 2.24) is 9.55 Å². The highest BCUT2D eigenvalue weighted by molar-refractivity contribution is 14.1. The Hall–Kier alpha value is -1.08. The predicted molar refractivity (Wildman–Crippen MR) is 84.5 cm³/mol. The maximum absolute atomic E-state index is 12.4. The van der Waals surface area contributed by atoms with Gasteiger partial charge in [-0.05, 0) is 53.6 Å². The van der Waals surface area contributed by atoms with E-state index in [9.17, 15) is 9.59 Å². The average Bonchev–Trinajstić information content (AvgIpc) is 2.34. The number of H-pyrrole nitrogens is 1. The molecule has 0 saturated carbocycles. The molecule has 2 rings (SSSR count). The maximum Gasteiger partial charge on any atom is 0.334 e. The lowest BCUT2D eigenvalue weighted by Gasteiger charge is -2.11. The van der Waals surface area contributed by atoms with Gasteiger partial charge in [-0.2, -0.15) is 0 Å². The van der Waals surface area contributed by atoms with Crippen LogP contribution in [0.25, 0.3) is 5.69 Å². The van der Waals surface area contributed by atoms with E-state index in [1.807, 2.05) is 26.0 Å². The molecule has 100 valence electrons. The lowest BCUT2D eigenvalue weighted by molar-refractivity contribution is 0.836. The van der Waals surface area contributed by atoms with Crippen LogP contribution in [-0.2, 0) is 6.42 Å². The summed E-state index contributed by atoms with van der Waals surface area (Å²) in [4.78, 5) is 26.9. The highest BCUT2D eigenvalue weighted by atomic mass is 127. The second kappa shape index (κ2) is 5.50. The van der Waals surface area contributed by atoms with Gasteiger partial charge in [0.15, 0.2) is 0 Å². The molecule has 0 aliphatic carbocycles. The van der Waals surface area contributed by atoms with Gasteiger partial charge in [0, 0.05) is 3.57 Å². The van der Waals surface area contributed by atoms with Crippen LogP contribution in [0, 0.1) is 10.5 Å². The molecule has 2 aromatic rings. The first-order chi connectivity index (χ1) is 8.97. The standard InChI is InChI=1S/C13H12ClIN2O2/c1-3-8-11(14)16-13(19)17(12(8)18)10-6-4-5-9(15)7(10)2/h4-6H,3H2,1-2H3,(H,16,19). The van der Waals surface area contributed by atoms with Crippen LogP contribution in [0.5, 0.6) is 0 Å². The predicted octanol–water partition coefficient (Wildman–Crippen LogP) is 2.65. The second-order valence-corrected chi connectivity index (χ2v) is 5.64. The Bertz CT molecular complexity index is 749. The summed E-state index contributed by atoms with van der Waals surface area (Å²) in [5.41, 5.74) is 1.02. The molecular weight excluding hydrogens is 379 g/mol. The molecule has 0 saturated heterocycles. The van der Waals surface area contributed by atoms with Crippen LogP contribution in [0.2, 0.25) is 5.15 Å². The first kappa shape index (κ1) is 14.3. The van der Waals surface area contributed by atoms with Gasteiger partial charge in [0.25, 0.3) is 5.56 Å². The fourth-order valence-corrected chi connectivity index (χ4v) is 2.69. The highest BCUT2D eigenvalue weighted by Gasteiger charge is 2.14. The molecule has 0 fully saturated rings. The van der Waals surface area contributed by atoms with Crippen molar-refractivity contribution in [3.05, 3.63) is 58.9 Å². The van der Waals surface area contributed by atoms with Crippen molar-refractivity contribution in [2.24, 2.45) is 0 Å². The van der Waals surface area contributed by atoms with Gasteiger partial charge in [-0.1, -0.05) is 24.6 Å². The molecule has 1 N–H and O–H groups in total. The van der Waals surface area contributed by atoms with Crippen molar-refractivity contribution in [1.29, 1.82) is 0 Å². The summed E-state index contributed by atoms with van der Waals surface area (Å²) >= 11 is 8.07. The zero-order chi connectivity index (χ0) is 14.2. The number of rotatable bonds is 2. The number of aromatic nitrogens is 2. The van der Waals surface area contributed by atoms with Crippen molar-refractivity contribution in [2.75, 3.05) is 0 Å². The molecule has 1 heterocycles. The van der Waals surface area contributed by atoms with Crippen molar-refractivity contribution in [3.8, 4) is 5.69 Å². The molecule has 0 amide bonds. The number of nitrogens with one attached hydrogen (secondary N) is 1. The van der Waals surface area contributed by atoms with E-state index in [0.717, 1.165) is 13.7 Å². The second-order valence-electron chi connectivity index (χ2n) is 4.10. The van der Waals surface area contributed by atoms with Crippen molar-refractivity contribution in [2.45, 2.75) is 20.3 Å². The summed E-state index contributed by atoms with van der Waals surface area (Å²) < 4.78 is 2.14. The number of hydrogen-bond acceptors (Lipinski definition) is 2. The summed E-state index contributed by atoms with van der Waals surface area (Å²) in [5.74, 6) is 0. The van der Waals surface area contributed by atoms with Gasteiger partial charge in [-0.3, -0.25) is 9.78 Å². The molecule has 0 radical (unpaired) electrons. The van der Waals surface area contributed by atoms with Crippen LogP contribution >= 0.6 is 34.2 Å². The van der Waals surface area contributed by atoms with Crippen LogP contribution in [0.4, 0.5) is 0 Å². The Morgan fingerprint density at radius 1 is 1.37 bits per heavy atom. The van der Waals surface area contributed by atoms with E-state index >= 15 is 0 Å². The van der Waals surface area contributed by atoms with Crippen molar-refractivity contribution < 1.29 is 0 Å². The van der Waals surface area contributed by atoms with Gasteiger partial charge in [0.2, 0.25) is 0 Å². The molecular formula is C13H12ClIN2O2. The van der Waals surface area contributed by atoms with E-state index in [-0.39, 0.29) is 10.7 Å². The van der Waals surface area contributed by atoms with Gasteiger partial charge < -0.3 is 0 Å². The molecule has 0 atom stereocenters. The zero-order valence-corrected chi connectivity index (χ0v) is 13.4. The normalized spacial score (nSPS) is 10.7. The average molecular weight is 391 g/mol. The summed E-state index contributed by atoms with van der Waals surface area (Å²) in [6, 6.07) is 5.49. The molecule has 1 aromatic carbocycles. The third kappa shape index (κ3) is 2.49. The molecule has 1 aromatic heterocycles. The van der Waals surface area contributed by atoms with Crippen LogP contribution in [0.3, 0.4) is 0 Å². The van der Waals surface area contributed by atoms with Crippen molar-refractivity contribution >= 4 is 34.2 Å². The SMILES string of the molecule is CCc1c(Cl)[nH]c(=O)n(-c2cccc(I)c2C)c1=O.